The van der Waals surface area contributed by atoms with Gasteiger partial charge < -0.3 is 10.1 Å². The first-order chi connectivity index (χ1) is 10.1. The van der Waals surface area contributed by atoms with Gasteiger partial charge in [0.2, 0.25) is 0 Å². The molecule has 1 saturated heterocycles. The van der Waals surface area contributed by atoms with Gasteiger partial charge in [-0.05, 0) is 25.3 Å². The van der Waals surface area contributed by atoms with Crippen LogP contribution in [0, 0.1) is 11.6 Å². The zero-order chi connectivity index (χ0) is 15.0. The van der Waals surface area contributed by atoms with E-state index in [4.69, 9.17) is 0 Å². The summed E-state index contributed by atoms with van der Waals surface area (Å²) in [7, 11) is 1.17. The molecule has 3 rings (SSSR count). The summed E-state index contributed by atoms with van der Waals surface area (Å²) in [5.74, 6) is -2.40. The van der Waals surface area contributed by atoms with Gasteiger partial charge in [-0.1, -0.05) is 0 Å². The van der Waals surface area contributed by atoms with E-state index >= 15 is 0 Å². The van der Waals surface area contributed by atoms with Crippen LogP contribution in [0.2, 0.25) is 0 Å². The zero-order valence-corrected chi connectivity index (χ0v) is 11.9. The van der Waals surface area contributed by atoms with Gasteiger partial charge in [0.05, 0.1) is 18.4 Å². The molecule has 1 heterocycles. The molecule has 1 aliphatic heterocycles. The SMILES string of the molecule is COC(=O)c1cc(NC2CCN(C3CC3)C2)c(F)cc1F. The van der Waals surface area contributed by atoms with Crippen molar-refractivity contribution in [2.24, 2.45) is 0 Å². The number of methoxy groups -OCH3 is 1. The van der Waals surface area contributed by atoms with Crippen molar-refractivity contribution in [1.29, 1.82) is 0 Å². The Morgan fingerprint density at radius 2 is 2.05 bits per heavy atom. The zero-order valence-electron chi connectivity index (χ0n) is 11.9. The molecule has 0 amide bonds. The van der Waals surface area contributed by atoms with E-state index in [2.05, 4.69) is 15.0 Å². The van der Waals surface area contributed by atoms with Gasteiger partial charge in [0, 0.05) is 31.2 Å². The van der Waals surface area contributed by atoms with Crippen LogP contribution in [-0.4, -0.2) is 43.2 Å². The molecule has 4 nitrogen and oxygen atoms in total. The topological polar surface area (TPSA) is 41.6 Å². The van der Waals surface area contributed by atoms with Crippen LogP contribution in [0.5, 0.6) is 0 Å². The number of hydrogen-bond donors (Lipinski definition) is 1. The number of carbonyl (C=O) groups is 1. The van der Waals surface area contributed by atoms with Crippen LogP contribution < -0.4 is 5.32 Å². The molecule has 2 aliphatic rings. The van der Waals surface area contributed by atoms with E-state index in [0.717, 1.165) is 25.6 Å². The van der Waals surface area contributed by atoms with E-state index in [1.165, 1.54) is 26.0 Å². The molecule has 0 radical (unpaired) electrons. The summed E-state index contributed by atoms with van der Waals surface area (Å²) in [5.41, 5.74) is -0.0992. The lowest BCUT2D eigenvalue weighted by atomic mass is 10.1. The van der Waals surface area contributed by atoms with Gasteiger partial charge in [0.15, 0.2) is 0 Å². The lowest BCUT2D eigenvalue weighted by Gasteiger charge is -2.17. The minimum Gasteiger partial charge on any atom is -0.465 e. The van der Waals surface area contributed by atoms with E-state index in [0.29, 0.717) is 6.04 Å². The standard InChI is InChI=1S/C15H18F2N2O2/c1-21-15(20)11-6-14(13(17)7-12(11)16)18-9-4-5-19(8-9)10-2-3-10/h6-7,9-10,18H,2-5,8H2,1H3. The molecule has 6 heteroatoms. The first-order valence-corrected chi connectivity index (χ1v) is 7.16. The molecule has 1 unspecified atom stereocenters. The summed E-state index contributed by atoms with van der Waals surface area (Å²) < 4.78 is 31.9. The molecular formula is C15H18F2N2O2. The number of hydrogen-bond acceptors (Lipinski definition) is 4. The Morgan fingerprint density at radius 3 is 2.71 bits per heavy atom. The molecule has 114 valence electrons. The Hall–Kier alpha value is -1.69. The third-order valence-corrected chi connectivity index (χ3v) is 4.10. The largest absolute Gasteiger partial charge is 0.465 e. The van der Waals surface area contributed by atoms with Crippen LogP contribution in [0.3, 0.4) is 0 Å². The lowest BCUT2D eigenvalue weighted by Crippen LogP contribution is -2.28. The van der Waals surface area contributed by atoms with Crippen molar-refractivity contribution < 1.29 is 18.3 Å². The number of rotatable bonds is 4. The number of carbonyl (C=O) groups excluding carboxylic acids is 1. The average Bonchev–Trinajstić information content (AvgIpc) is 3.21. The first-order valence-electron chi connectivity index (χ1n) is 7.16. The van der Waals surface area contributed by atoms with Crippen molar-refractivity contribution >= 4 is 11.7 Å². The number of likely N-dealkylation sites (tertiary alicyclic amines) is 1. The second kappa shape index (κ2) is 5.60. The highest BCUT2D eigenvalue weighted by atomic mass is 19.1. The summed E-state index contributed by atoms with van der Waals surface area (Å²) in [5, 5.41) is 3.08. The highest BCUT2D eigenvalue weighted by molar-refractivity contribution is 5.90. The van der Waals surface area contributed by atoms with Crippen molar-refractivity contribution in [3.63, 3.8) is 0 Å². The molecule has 0 aromatic heterocycles. The van der Waals surface area contributed by atoms with Gasteiger partial charge in [0.25, 0.3) is 0 Å². The van der Waals surface area contributed by atoms with E-state index in [9.17, 15) is 13.6 Å². The second-order valence-corrected chi connectivity index (χ2v) is 5.66. The Kier molecular flexibility index (Phi) is 3.80. The highest BCUT2D eigenvalue weighted by Crippen LogP contribution is 2.31. The number of nitrogens with one attached hydrogen (secondary N) is 1. The van der Waals surface area contributed by atoms with Gasteiger partial charge >= 0.3 is 5.97 Å². The molecular weight excluding hydrogens is 278 g/mol. The van der Waals surface area contributed by atoms with E-state index in [1.54, 1.807) is 0 Å². The molecule has 2 fully saturated rings. The molecule has 1 atom stereocenters. The monoisotopic (exact) mass is 296 g/mol. The smallest absolute Gasteiger partial charge is 0.340 e. The van der Waals surface area contributed by atoms with Gasteiger partial charge in [0.1, 0.15) is 11.6 Å². The van der Waals surface area contributed by atoms with Gasteiger partial charge in [-0.2, -0.15) is 0 Å². The number of ether oxygens (including phenoxy) is 1. The summed E-state index contributed by atoms with van der Waals surface area (Å²) in [4.78, 5) is 13.9. The van der Waals surface area contributed by atoms with Crippen molar-refractivity contribution in [3.05, 3.63) is 29.3 Å². The van der Waals surface area contributed by atoms with Crippen LogP contribution in [0.25, 0.3) is 0 Å². The molecule has 1 N–H and O–H groups in total. The van der Waals surface area contributed by atoms with Crippen molar-refractivity contribution in [3.8, 4) is 0 Å². The molecule has 0 bridgehead atoms. The van der Waals surface area contributed by atoms with Crippen molar-refractivity contribution in [2.75, 3.05) is 25.5 Å². The Morgan fingerprint density at radius 1 is 1.29 bits per heavy atom. The second-order valence-electron chi connectivity index (χ2n) is 5.66. The fourth-order valence-electron chi connectivity index (χ4n) is 2.82. The van der Waals surface area contributed by atoms with Crippen LogP contribution in [-0.2, 0) is 4.74 Å². The number of anilines is 1. The Labute approximate surface area is 122 Å². The first kappa shape index (κ1) is 14.3. The van der Waals surface area contributed by atoms with Gasteiger partial charge in [-0.3, -0.25) is 4.90 Å². The molecule has 21 heavy (non-hydrogen) atoms. The predicted octanol–water partition coefficient (Wildman–Crippen LogP) is 2.40. The van der Waals surface area contributed by atoms with Crippen LogP contribution in [0.15, 0.2) is 12.1 Å². The van der Waals surface area contributed by atoms with Crippen LogP contribution in [0.4, 0.5) is 14.5 Å². The quantitative estimate of drug-likeness (QED) is 0.866. The Balaban J connectivity index is 1.74. The van der Waals surface area contributed by atoms with E-state index in [1.807, 2.05) is 0 Å². The fraction of sp³-hybridized carbons (Fsp3) is 0.533. The van der Waals surface area contributed by atoms with Crippen molar-refractivity contribution in [1.82, 2.24) is 4.90 Å². The van der Waals surface area contributed by atoms with Crippen LogP contribution in [0.1, 0.15) is 29.6 Å². The average molecular weight is 296 g/mol. The van der Waals surface area contributed by atoms with E-state index in [-0.39, 0.29) is 17.3 Å². The normalized spacial score (nSPS) is 22.3. The maximum absolute atomic E-state index is 13.9. The molecule has 0 spiro atoms. The molecule has 1 saturated carbocycles. The number of esters is 1. The maximum atomic E-state index is 13.9. The minimum absolute atomic E-state index is 0.121. The van der Waals surface area contributed by atoms with Gasteiger partial charge in [-0.15, -0.1) is 0 Å². The van der Waals surface area contributed by atoms with Crippen molar-refractivity contribution in [2.45, 2.75) is 31.3 Å². The molecule has 1 aliphatic carbocycles. The summed E-state index contributed by atoms with van der Waals surface area (Å²) in [6.07, 6.45) is 3.40. The number of nitrogens with zero attached hydrogens (tertiary/aromatic N) is 1. The third-order valence-electron chi connectivity index (χ3n) is 4.10. The number of benzene rings is 1. The fourth-order valence-corrected chi connectivity index (χ4v) is 2.82. The molecule has 1 aromatic rings. The Bertz CT molecular complexity index is 561. The van der Waals surface area contributed by atoms with Crippen LogP contribution >= 0.6 is 0 Å². The summed E-state index contributed by atoms with van der Waals surface area (Å²) in [6, 6.07) is 2.72. The minimum atomic E-state index is -0.907. The van der Waals surface area contributed by atoms with Gasteiger partial charge in [-0.25, -0.2) is 13.6 Å². The predicted molar refractivity (Wildman–Crippen MR) is 74.3 cm³/mol. The molecule has 1 aromatic carbocycles. The summed E-state index contributed by atoms with van der Waals surface area (Å²) in [6.45, 7) is 1.85. The maximum Gasteiger partial charge on any atom is 0.340 e. The lowest BCUT2D eigenvalue weighted by molar-refractivity contribution is 0.0595. The number of halogens is 2. The highest BCUT2D eigenvalue weighted by Gasteiger charge is 2.34. The third kappa shape index (κ3) is 3.00. The summed E-state index contributed by atoms with van der Waals surface area (Å²) >= 11 is 0. The van der Waals surface area contributed by atoms with E-state index < -0.39 is 17.6 Å².